The molecule has 106 valence electrons. The highest BCUT2D eigenvalue weighted by atomic mass is 16.7. The van der Waals surface area contributed by atoms with E-state index in [4.69, 9.17) is 4.84 Å². The van der Waals surface area contributed by atoms with Gasteiger partial charge in [-0.1, -0.05) is 26.0 Å². The fourth-order valence-corrected chi connectivity index (χ4v) is 1.72. The first-order valence-corrected chi connectivity index (χ1v) is 6.66. The summed E-state index contributed by atoms with van der Waals surface area (Å²) in [5.74, 6) is -0.955. The molecule has 5 nitrogen and oxygen atoms in total. The van der Waals surface area contributed by atoms with Crippen LogP contribution in [0.25, 0.3) is 0 Å². The van der Waals surface area contributed by atoms with Gasteiger partial charge in [-0.15, -0.1) is 5.06 Å². The first-order valence-electron chi connectivity index (χ1n) is 6.66. The number of imide groups is 1. The number of carbonyl (C=O) groups is 3. The summed E-state index contributed by atoms with van der Waals surface area (Å²) in [5, 5.41) is 0.593. The lowest BCUT2D eigenvalue weighted by molar-refractivity contribution is -0.197. The number of hydrogen-bond donors (Lipinski definition) is 0. The maximum absolute atomic E-state index is 11.5. The molecule has 5 heteroatoms. The van der Waals surface area contributed by atoms with E-state index in [0.29, 0.717) is 17.4 Å². The third kappa shape index (κ3) is 4.85. The highest BCUT2D eigenvalue weighted by molar-refractivity contribution is 6.01. The van der Waals surface area contributed by atoms with Crippen LogP contribution in [0.4, 0.5) is 0 Å². The molecule has 0 saturated carbocycles. The maximum atomic E-state index is 11.5. The zero-order chi connectivity index (χ0) is 14.4. The smallest absolute Gasteiger partial charge is 0.330 e. The van der Waals surface area contributed by atoms with Gasteiger partial charge in [0.15, 0.2) is 0 Å². The summed E-state index contributed by atoms with van der Waals surface area (Å²) >= 11 is 0. The van der Waals surface area contributed by atoms with E-state index in [2.05, 4.69) is 20.4 Å². The largest absolute Gasteiger partial charge is 0.333 e. The SMILES string of the molecule is C=C(CCCCC(=O)ON1C(=O)CCC1=O)C(C)C. The molecule has 1 rings (SSSR count). The van der Waals surface area contributed by atoms with Gasteiger partial charge < -0.3 is 4.84 Å². The molecule has 0 aromatic carbocycles. The van der Waals surface area contributed by atoms with E-state index in [-0.39, 0.29) is 19.3 Å². The van der Waals surface area contributed by atoms with E-state index in [9.17, 15) is 14.4 Å². The normalized spacial score (nSPS) is 15.2. The van der Waals surface area contributed by atoms with Crippen molar-refractivity contribution in [1.29, 1.82) is 0 Å². The van der Waals surface area contributed by atoms with E-state index < -0.39 is 17.8 Å². The molecule has 0 aliphatic carbocycles. The molecule has 1 aliphatic rings. The van der Waals surface area contributed by atoms with E-state index in [1.165, 1.54) is 5.57 Å². The molecular weight excluding hydrogens is 246 g/mol. The van der Waals surface area contributed by atoms with Crippen molar-refractivity contribution in [2.45, 2.75) is 52.4 Å². The second-order valence-corrected chi connectivity index (χ2v) is 5.07. The lowest BCUT2D eigenvalue weighted by Crippen LogP contribution is -2.31. The lowest BCUT2D eigenvalue weighted by Gasteiger charge is -2.12. The van der Waals surface area contributed by atoms with Gasteiger partial charge in [0.1, 0.15) is 0 Å². The maximum Gasteiger partial charge on any atom is 0.333 e. The standard InChI is InChI=1S/C14H21NO4/c1-10(2)11(3)6-4-5-7-14(18)19-15-12(16)8-9-13(15)17/h10H,3-9H2,1-2H3. The van der Waals surface area contributed by atoms with Crippen LogP contribution in [0.15, 0.2) is 12.2 Å². The number of unbranched alkanes of at least 4 members (excludes halogenated alkanes) is 1. The summed E-state index contributed by atoms with van der Waals surface area (Å²) in [6.45, 7) is 8.13. The minimum absolute atomic E-state index is 0.125. The summed E-state index contributed by atoms with van der Waals surface area (Å²) in [5.41, 5.74) is 1.17. The van der Waals surface area contributed by atoms with Gasteiger partial charge in [-0.05, 0) is 25.2 Å². The zero-order valence-electron chi connectivity index (χ0n) is 11.6. The van der Waals surface area contributed by atoms with Crippen LogP contribution < -0.4 is 0 Å². The molecule has 0 spiro atoms. The topological polar surface area (TPSA) is 63.7 Å². The van der Waals surface area contributed by atoms with Gasteiger partial charge in [-0.2, -0.15) is 0 Å². The summed E-state index contributed by atoms with van der Waals surface area (Å²) in [7, 11) is 0. The van der Waals surface area contributed by atoms with E-state index in [1.807, 2.05) is 0 Å². The number of hydroxylamine groups is 2. The van der Waals surface area contributed by atoms with Crippen molar-refractivity contribution in [2.24, 2.45) is 5.92 Å². The van der Waals surface area contributed by atoms with Crippen molar-refractivity contribution in [3.05, 3.63) is 12.2 Å². The van der Waals surface area contributed by atoms with Crippen LogP contribution in [0.3, 0.4) is 0 Å². The van der Waals surface area contributed by atoms with E-state index >= 15 is 0 Å². The second-order valence-electron chi connectivity index (χ2n) is 5.07. The number of carbonyl (C=O) groups excluding carboxylic acids is 3. The quantitative estimate of drug-likeness (QED) is 0.403. The van der Waals surface area contributed by atoms with E-state index in [1.54, 1.807) is 0 Å². The fraction of sp³-hybridized carbons (Fsp3) is 0.643. The predicted molar refractivity (Wildman–Crippen MR) is 69.6 cm³/mol. The third-order valence-electron chi connectivity index (χ3n) is 3.14. The Hall–Kier alpha value is -1.65. The van der Waals surface area contributed by atoms with Gasteiger partial charge in [0.2, 0.25) is 0 Å². The Morgan fingerprint density at radius 2 is 1.74 bits per heavy atom. The molecule has 0 aromatic rings. The number of rotatable bonds is 7. The second kappa shape index (κ2) is 7.07. The van der Waals surface area contributed by atoms with Crippen LogP contribution in [0.2, 0.25) is 0 Å². The van der Waals surface area contributed by atoms with Gasteiger partial charge in [0.05, 0.1) is 0 Å². The Morgan fingerprint density at radius 1 is 1.21 bits per heavy atom. The monoisotopic (exact) mass is 267 g/mol. The van der Waals surface area contributed by atoms with Crippen LogP contribution in [-0.2, 0) is 19.2 Å². The molecule has 0 atom stereocenters. The van der Waals surface area contributed by atoms with Crippen LogP contribution >= 0.6 is 0 Å². The minimum atomic E-state index is -0.529. The van der Waals surface area contributed by atoms with Crippen LogP contribution in [-0.4, -0.2) is 22.8 Å². The highest BCUT2D eigenvalue weighted by Crippen LogP contribution is 2.16. The van der Waals surface area contributed by atoms with Crippen molar-refractivity contribution in [1.82, 2.24) is 5.06 Å². The van der Waals surface area contributed by atoms with Gasteiger partial charge in [0.25, 0.3) is 11.8 Å². The Bertz CT molecular complexity index is 371. The number of nitrogens with zero attached hydrogens (tertiary/aromatic N) is 1. The first-order chi connectivity index (χ1) is 8.91. The Kier molecular flexibility index (Phi) is 5.73. The van der Waals surface area contributed by atoms with Gasteiger partial charge in [-0.25, -0.2) is 4.79 Å². The molecule has 0 radical (unpaired) electrons. The Labute approximate surface area is 113 Å². The number of hydrogen-bond acceptors (Lipinski definition) is 4. The fourth-order valence-electron chi connectivity index (χ4n) is 1.72. The molecular formula is C14H21NO4. The molecule has 19 heavy (non-hydrogen) atoms. The Morgan fingerprint density at radius 3 is 2.26 bits per heavy atom. The summed E-state index contributed by atoms with van der Waals surface area (Å²) in [6.07, 6.45) is 2.87. The van der Waals surface area contributed by atoms with Crippen molar-refractivity contribution < 1.29 is 19.2 Å². The molecule has 0 N–H and O–H groups in total. The van der Waals surface area contributed by atoms with Crippen molar-refractivity contribution in [3.8, 4) is 0 Å². The molecule has 1 fully saturated rings. The van der Waals surface area contributed by atoms with Crippen molar-refractivity contribution in [3.63, 3.8) is 0 Å². The molecule has 1 heterocycles. The third-order valence-corrected chi connectivity index (χ3v) is 3.14. The molecule has 1 saturated heterocycles. The molecule has 0 aromatic heterocycles. The molecule has 0 unspecified atom stereocenters. The van der Waals surface area contributed by atoms with Crippen LogP contribution in [0.1, 0.15) is 52.4 Å². The lowest BCUT2D eigenvalue weighted by atomic mass is 9.99. The summed E-state index contributed by atoms with van der Waals surface area (Å²) < 4.78 is 0. The number of allylic oxidation sites excluding steroid dienone is 1. The first kappa shape index (κ1) is 15.4. The molecule has 1 aliphatic heterocycles. The molecule has 2 amide bonds. The predicted octanol–water partition coefficient (Wildman–Crippen LogP) is 2.37. The average Bonchev–Trinajstić information content (AvgIpc) is 2.66. The van der Waals surface area contributed by atoms with E-state index in [0.717, 1.165) is 12.8 Å². The molecule has 0 bridgehead atoms. The van der Waals surface area contributed by atoms with Crippen LogP contribution in [0.5, 0.6) is 0 Å². The number of amides is 2. The zero-order valence-corrected chi connectivity index (χ0v) is 11.6. The highest BCUT2D eigenvalue weighted by Gasteiger charge is 2.32. The van der Waals surface area contributed by atoms with Gasteiger partial charge in [-0.3, -0.25) is 9.59 Å². The van der Waals surface area contributed by atoms with Crippen molar-refractivity contribution >= 4 is 17.8 Å². The average molecular weight is 267 g/mol. The van der Waals surface area contributed by atoms with Crippen molar-refractivity contribution in [2.75, 3.05) is 0 Å². The summed E-state index contributed by atoms with van der Waals surface area (Å²) in [4.78, 5) is 38.7. The minimum Gasteiger partial charge on any atom is -0.330 e. The Balaban J connectivity index is 2.20. The summed E-state index contributed by atoms with van der Waals surface area (Å²) in [6, 6.07) is 0. The van der Waals surface area contributed by atoms with Gasteiger partial charge in [0, 0.05) is 19.3 Å². The van der Waals surface area contributed by atoms with Gasteiger partial charge >= 0.3 is 5.97 Å². The van der Waals surface area contributed by atoms with Crippen LogP contribution in [0, 0.1) is 5.92 Å².